The molecule has 2 rings (SSSR count). The molecule has 0 spiro atoms. The van der Waals surface area contributed by atoms with Gasteiger partial charge in [0.05, 0.1) is 14.2 Å². The summed E-state index contributed by atoms with van der Waals surface area (Å²) in [7, 11) is 7.29. The second-order valence-corrected chi connectivity index (χ2v) is 6.24. The van der Waals surface area contributed by atoms with E-state index >= 15 is 0 Å². The number of aliphatic imine (C=N–C) groups is 1. The monoisotopic (exact) mass is 462 g/mol. The Morgan fingerprint density at radius 1 is 1.16 bits per heavy atom. The van der Waals surface area contributed by atoms with Gasteiger partial charge in [-0.1, -0.05) is 6.07 Å². The Kier molecular flexibility index (Phi) is 9.96. The summed E-state index contributed by atoms with van der Waals surface area (Å²) in [6.07, 6.45) is 2.49. The van der Waals surface area contributed by atoms with Crippen LogP contribution >= 0.6 is 24.0 Å². The van der Waals surface area contributed by atoms with Crippen LogP contribution in [0.15, 0.2) is 23.2 Å². The molecule has 0 unspecified atom stereocenters. The van der Waals surface area contributed by atoms with Crippen LogP contribution in [0.5, 0.6) is 11.5 Å². The third-order valence-electron chi connectivity index (χ3n) is 4.53. The van der Waals surface area contributed by atoms with Gasteiger partial charge in [-0.05, 0) is 56.6 Å². The van der Waals surface area contributed by atoms with Gasteiger partial charge in [-0.15, -0.1) is 24.0 Å². The first-order chi connectivity index (χ1) is 11.7. The molecule has 142 valence electrons. The Morgan fingerprint density at radius 3 is 2.44 bits per heavy atom. The first-order valence-corrected chi connectivity index (χ1v) is 8.50. The first-order valence-electron chi connectivity index (χ1n) is 8.50. The molecule has 0 aromatic heterocycles. The van der Waals surface area contributed by atoms with E-state index in [1.807, 2.05) is 18.2 Å². The van der Waals surface area contributed by atoms with Crippen LogP contribution < -0.4 is 20.1 Å². The fourth-order valence-corrected chi connectivity index (χ4v) is 2.90. The van der Waals surface area contributed by atoms with E-state index in [9.17, 15) is 0 Å². The maximum atomic E-state index is 5.34. The van der Waals surface area contributed by atoms with Crippen molar-refractivity contribution in [3.05, 3.63) is 23.8 Å². The van der Waals surface area contributed by atoms with Gasteiger partial charge in [0.2, 0.25) is 0 Å². The van der Waals surface area contributed by atoms with Crippen molar-refractivity contribution < 1.29 is 9.47 Å². The average Bonchev–Trinajstić information content (AvgIpc) is 2.63. The number of halogens is 1. The van der Waals surface area contributed by atoms with Crippen LogP contribution in [-0.4, -0.2) is 58.8 Å². The number of guanidine groups is 1. The largest absolute Gasteiger partial charge is 0.493 e. The molecule has 1 fully saturated rings. The minimum atomic E-state index is 0. The number of likely N-dealkylation sites (tertiary alicyclic amines) is 1. The molecule has 0 radical (unpaired) electrons. The van der Waals surface area contributed by atoms with Gasteiger partial charge in [0, 0.05) is 20.1 Å². The standard InChI is InChI=1S/C18H30N4O2.HI/c1-19-18(20-12-14-7-9-22(2)10-8-14)21-13-15-5-6-16(23-3)17(11-15)24-4;/h5-6,11,14H,7-10,12-13H2,1-4H3,(H2,19,20,21);1H. The smallest absolute Gasteiger partial charge is 0.191 e. The van der Waals surface area contributed by atoms with Crippen molar-refractivity contribution in [3.63, 3.8) is 0 Å². The molecule has 2 N–H and O–H groups in total. The van der Waals surface area contributed by atoms with E-state index in [2.05, 4.69) is 27.6 Å². The molecule has 1 saturated heterocycles. The van der Waals surface area contributed by atoms with Crippen molar-refractivity contribution in [3.8, 4) is 11.5 Å². The van der Waals surface area contributed by atoms with Crippen LogP contribution in [0.1, 0.15) is 18.4 Å². The van der Waals surface area contributed by atoms with Crippen LogP contribution in [0, 0.1) is 5.92 Å². The van der Waals surface area contributed by atoms with Crippen LogP contribution in [0.2, 0.25) is 0 Å². The Hall–Kier alpha value is -1.22. The maximum Gasteiger partial charge on any atom is 0.191 e. The third kappa shape index (κ3) is 6.89. The molecule has 0 atom stereocenters. The van der Waals surface area contributed by atoms with Gasteiger partial charge in [0.15, 0.2) is 17.5 Å². The van der Waals surface area contributed by atoms with E-state index in [0.29, 0.717) is 6.54 Å². The van der Waals surface area contributed by atoms with Crippen molar-refractivity contribution in [1.82, 2.24) is 15.5 Å². The van der Waals surface area contributed by atoms with Crippen molar-refractivity contribution in [1.29, 1.82) is 0 Å². The highest BCUT2D eigenvalue weighted by molar-refractivity contribution is 14.0. The fourth-order valence-electron chi connectivity index (χ4n) is 2.90. The summed E-state index contributed by atoms with van der Waals surface area (Å²) in [5.41, 5.74) is 1.12. The SMILES string of the molecule is CN=C(NCc1ccc(OC)c(OC)c1)NCC1CCN(C)CC1.I. The molecule has 0 saturated carbocycles. The summed E-state index contributed by atoms with van der Waals surface area (Å²) in [6, 6.07) is 5.93. The molecule has 7 heteroatoms. The van der Waals surface area contributed by atoms with E-state index in [-0.39, 0.29) is 24.0 Å². The molecule has 1 aromatic rings. The summed E-state index contributed by atoms with van der Waals surface area (Å²) in [6.45, 7) is 4.03. The van der Waals surface area contributed by atoms with Gasteiger partial charge >= 0.3 is 0 Å². The van der Waals surface area contributed by atoms with Crippen LogP contribution in [0.25, 0.3) is 0 Å². The molecular weight excluding hydrogens is 431 g/mol. The van der Waals surface area contributed by atoms with E-state index < -0.39 is 0 Å². The van der Waals surface area contributed by atoms with Gasteiger partial charge in [-0.25, -0.2) is 0 Å². The highest BCUT2D eigenvalue weighted by atomic mass is 127. The number of nitrogens with zero attached hydrogens (tertiary/aromatic N) is 2. The lowest BCUT2D eigenvalue weighted by atomic mass is 9.97. The topological polar surface area (TPSA) is 58.1 Å². The number of benzene rings is 1. The first kappa shape index (κ1) is 21.8. The second-order valence-electron chi connectivity index (χ2n) is 6.24. The molecule has 6 nitrogen and oxygen atoms in total. The van der Waals surface area contributed by atoms with Crippen LogP contribution in [0.3, 0.4) is 0 Å². The summed E-state index contributed by atoms with van der Waals surface area (Å²) in [4.78, 5) is 6.70. The minimum Gasteiger partial charge on any atom is -0.493 e. The summed E-state index contributed by atoms with van der Waals surface area (Å²) >= 11 is 0. The Balaban J connectivity index is 0.00000312. The van der Waals surface area contributed by atoms with Gasteiger partial charge < -0.3 is 25.0 Å². The van der Waals surface area contributed by atoms with Crippen molar-refractivity contribution >= 4 is 29.9 Å². The van der Waals surface area contributed by atoms with Crippen molar-refractivity contribution in [2.24, 2.45) is 10.9 Å². The molecular formula is C18H31IN4O2. The number of nitrogens with one attached hydrogen (secondary N) is 2. The molecule has 1 aromatic carbocycles. The van der Waals surface area contributed by atoms with Gasteiger partial charge in [-0.3, -0.25) is 4.99 Å². The zero-order valence-corrected chi connectivity index (χ0v) is 18.0. The fraction of sp³-hybridized carbons (Fsp3) is 0.611. The second kappa shape index (κ2) is 11.4. The molecule has 1 heterocycles. The molecule has 1 aliphatic heterocycles. The normalized spacial score (nSPS) is 16.1. The third-order valence-corrected chi connectivity index (χ3v) is 4.53. The zero-order chi connectivity index (χ0) is 17.4. The van der Waals surface area contributed by atoms with Crippen molar-refractivity contribution in [2.45, 2.75) is 19.4 Å². The lowest BCUT2D eigenvalue weighted by Crippen LogP contribution is -2.42. The lowest BCUT2D eigenvalue weighted by Gasteiger charge is -2.29. The minimum absolute atomic E-state index is 0. The predicted molar refractivity (Wildman–Crippen MR) is 113 cm³/mol. The number of rotatable bonds is 6. The van der Waals surface area contributed by atoms with Gasteiger partial charge in [0.1, 0.15) is 0 Å². The van der Waals surface area contributed by atoms with E-state index in [1.54, 1.807) is 21.3 Å². The van der Waals surface area contributed by atoms with Gasteiger partial charge in [0.25, 0.3) is 0 Å². The molecule has 1 aliphatic rings. The number of piperidine rings is 1. The van der Waals surface area contributed by atoms with E-state index in [1.165, 1.54) is 25.9 Å². The van der Waals surface area contributed by atoms with Crippen LogP contribution in [0.4, 0.5) is 0 Å². The number of hydrogen-bond acceptors (Lipinski definition) is 4. The quantitative estimate of drug-likeness (QED) is 0.386. The van der Waals surface area contributed by atoms with E-state index in [4.69, 9.17) is 9.47 Å². The highest BCUT2D eigenvalue weighted by Crippen LogP contribution is 2.27. The summed E-state index contributed by atoms with van der Waals surface area (Å²) in [5, 5.41) is 6.79. The molecule has 0 bridgehead atoms. The molecule has 25 heavy (non-hydrogen) atoms. The number of methoxy groups -OCH3 is 2. The number of hydrogen-bond donors (Lipinski definition) is 2. The zero-order valence-electron chi connectivity index (χ0n) is 15.7. The Bertz CT molecular complexity index is 546. The maximum absolute atomic E-state index is 5.34. The molecule has 0 amide bonds. The average molecular weight is 462 g/mol. The Morgan fingerprint density at radius 2 is 1.84 bits per heavy atom. The predicted octanol–water partition coefficient (Wildman–Crippen LogP) is 2.33. The Labute approximate surface area is 168 Å². The van der Waals surface area contributed by atoms with Crippen molar-refractivity contribution in [2.75, 3.05) is 47.9 Å². The highest BCUT2D eigenvalue weighted by Gasteiger charge is 2.16. The van der Waals surface area contributed by atoms with Crippen LogP contribution in [-0.2, 0) is 6.54 Å². The summed E-state index contributed by atoms with van der Waals surface area (Å²) in [5.74, 6) is 3.04. The summed E-state index contributed by atoms with van der Waals surface area (Å²) < 4.78 is 10.6. The number of ether oxygens (including phenoxy) is 2. The lowest BCUT2D eigenvalue weighted by molar-refractivity contribution is 0.220. The molecule has 0 aliphatic carbocycles. The van der Waals surface area contributed by atoms with Gasteiger partial charge in [-0.2, -0.15) is 0 Å². The van der Waals surface area contributed by atoms with E-state index in [0.717, 1.165) is 35.5 Å².